The lowest BCUT2D eigenvalue weighted by Crippen LogP contribution is -2.62. The summed E-state index contributed by atoms with van der Waals surface area (Å²) < 4.78 is 2.11. The van der Waals surface area contributed by atoms with Gasteiger partial charge in [-0.25, -0.2) is 10.5 Å². The third-order valence-electron chi connectivity index (χ3n) is 7.18. The number of fused-ring (bicyclic) bond motifs is 1. The summed E-state index contributed by atoms with van der Waals surface area (Å²) >= 11 is 0. The Hall–Kier alpha value is -2.94. The smallest absolute Gasteiger partial charge is 0.274 e. The molecule has 0 atom stereocenters. The number of anilines is 1. The van der Waals surface area contributed by atoms with E-state index in [1.165, 1.54) is 18.5 Å². The van der Waals surface area contributed by atoms with Gasteiger partial charge in [-0.05, 0) is 61.9 Å². The van der Waals surface area contributed by atoms with Crippen LogP contribution in [0.4, 0.5) is 5.69 Å². The molecule has 2 aliphatic rings. The average molecular weight is 464 g/mol. The van der Waals surface area contributed by atoms with Crippen LogP contribution in [0, 0.1) is 5.41 Å². The molecule has 4 heterocycles. The van der Waals surface area contributed by atoms with Crippen LogP contribution in [-0.2, 0) is 6.54 Å². The summed E-state index contributed by atoms with van der Waals surface area (Å²) in [5.41, 5.74) is 5.03. The van der Waals surface area contributed by atoms with Gasteiger partial charge in [-0.2, -0.15) is 0 Å². The Labute approximate surface area is 199 Å². The molecule has 0 saturated carbocycles. The van der Waals surface area contributed by atoms with Gasteiger partial charge >= 0.3 is 0 Å². The fourth-order valence-electron chi connectivity index (χ4n) is 5.51. The van der Waals surface area contributed by atoms with Gasteiger partial charge in [0.2, 0.25) is 0 Å². The van der Waals surface area contributed by atoms with Crippen molar-refractivity contribution >= 4 is 22.6 Å². The van der Waals surface area contributed by atoms with Gasteiger partial charge in [-0.15, -0.1) is 0 Å². The summed E-state index contributed by atoms with van der Waals surface area (Å²) in [5.74, 6) is -0.514. The molecular weight excluding hydrogens is 430 g/mol. The van der Waals surface area contributed by atoms with Crippen LogP contribution in [0.2, 0.25) is 0 Å². The first-order chi connectivity index (χ1) is 16.2. The zero-order valence-electron chi connectivity index (χ0n) is 19.9. The molecule has 2 saturated heterocycles. The van der Waals surface area contributed by atoms with E-state index >= 15 is 0 Å². The number of aromatic nitrogens is 2. The molecule has 1 amide bonds. The fraction of sp³-hybridized carbons (Fsp3) is 0.462. The van der Waals surface area contributed by atoms with Crippen molar-refractivity contribution in [1.29, 1.82) is 0 Å². The van der Waals surface area contributed by atoms with E-state index < -0.39 is 11.5 Å². The van der Waals surface area contributed by atoms with Crippen LogP contribution in [0.3, 0.4) is 0 Å². The van der Waals surface area contributed by atoms with Gasteiger partial charge < -0.3 is 14.6 Å². The van der Waals surface area contributed by atoms with Crippen molar-refractivity contribution in [3.63, 3.8) is 0 Å². The lowest BCUT2D eigenvalue weighted by atomic mass is 9.71. The Morgan fingerprint density at radius 3 is 2.50 bits per heavy atom. The number of benzene rings is 1. The minimum absolute atomic E-state index is 0.413. The number of piperidine rings is 1. The minimum Gasteiger partial charge on any atom is -0.389 e. The normalized spacial score (nSPS) is 18.3. The highest BCUT2D eigenvalue weighted by Crippen LogP contribution is 2.42. The van der Waals surface area contributed by atoms with Crippen LogP contribution >= 0.6 is 0 Å². The van der Waals surface area contributed by atoms with E-state index in [0.717, 1.165) is 49.3 Å². The van der Waals surface area contributed by atoms with E-state index in [0.29, 0.717) is 17.5 Å². The van der Waals surface area contributed by atoms with Crippen LogP contribution in [0.5, 0.6) is 0 Å². The van der Waals surface area contributed by atoms with Crippen molar-refractivity contribution in [2.24, 2.45) is 5.41 Å². The lowest BCUT2D eigenvalue weighted by Gasteiger charge is -2.55. The number of pyridine rings is 1. The number of aliphatic hydroxyl groups is 1. The molecule has 0 aliphatic carbocycles. The summed E-state index contributed by atoms with van der Waals surface area (Å²) in [6.07, 6.45) is 6.39. The Morgan fingerprint density at radius 1 is 1.15 bits per heavy atom. The van der Waals surface area contributed by atoms with Gasteiger partial charge in [0.1, 0.15) is 5.65 Å². The summed E-state index contributed by atoms with van der Waals surface area (Å²) in [6, 6.07) is 11.5. The Bertz CT molecular complexity index is 1170. The minimum atomic E-state index is -0.625. The number of carbonyl (C=O) groups is 1. The molecule has 3 aromatic rings. The van der Waals surface area contributed by atoms with E-state index in [4.69, 9.17) is 10.2 Å². The van der Waals surface area contributed by atoms with Crippen molar-refractivity contribution in [3.05, 3.63) is 59.9 Å². The second-order valence-electron chi connectivity index (χ2n) is 10.6. The van der Waals surface area contributed by atoms with Crippen molar-refractivity contribution in [3.8, 4) is 0 Å². The van der Waals surface area contributed by atoms with E-state index in [2.05, 4.69) is 26.5 Å². The third kappa shape index (κ3) is 4.66. The number of nitrogens with one attached hydrogen (secondary N) is 1. The zero-order valence-corrected chi connectivity index (χ0v) is 19.9. The Morgan fingerprint density at radius 2 is 1.85 bits per heavy atom. The first-order valence-corrected chi connectivity index (χ1v) is 11.9. The number of rotatable bonds is 6. The van der Waals surface area contributed by atoms with Crippen LogP contribution in [-0.4, -0.2) is 69.0 Å². The van der Waals surface area contributed by atoms with Gasteiger partial charge in [-0.1, -0.05) is 12.1 Å². The highest BCUT2D eigenvalue weighted by Gasteiger charge is 2.45. The second-order valence-corrected chi connectivity index (χ2v) is 10.6. The number of β-amino-alcohol motifs (C(OH)–C–C–N with tert-alkyl or cyclic N) is 1. The quantitative estimate of drug-likeness (QED) is 0.385. The first-order valence-electron chi connectivity index (χ1n) is 11.9. The SMILES string of the molecule is CC(C)(O)CN1CC2(CCN(c3cnc4c(ccn4Cc4ccc(C(=O)NO)cc4)c3)CC2)C1. The number of hydroxylamine groups is 1. The largest absolute Gasteiger partial charge is 0.389 e. The topological polar surface area (TPSA) is 93.9 Å². The Balaban J connectivity index is 1.21. The van der Waals surface area contributed by atoms with E-state index in [9.17, 15) is 9.90 Å². The van der Waals surface area contributed by atoms with Crippen molar-refractivity contribution in [2.75, 3.05) is 37.6 Å². The van der Waals surface area contributed by atoms with Gasteiger partial charge in [0.15, 0.2) is 0 Å². The zero-order chi connectivity index (χ0) is 23.9. The summed E-state index contributed by atoms with van der Waals surface area (Å²) in [6.45, 7) is 9.43. The van der Waals surface area contributed by atoms with Gasteiger partial charge in [0.25, 0.3) is 5.91 Å². The summed E-state index contributed by atoms with van der Waals surface area (Å²) in [4.78, 5) is 21.1. The van der Waals surface area contributed by atoms with E-state index in [1.54, 1.807) is 17.6 Å². The molecule has 1 spiro atoms. The molecule has 0 radical (unpaired) electrons. The van der Waals surface area contributed by atoms with Crippen molar-refractivity contribution in [2.45, 2.75) is 38.8 Å². The highest BCUT2D eigenvalue weighted by atomic mass is 16.5. The number of hydrogen-bond acceptors (Lipinski definition) is 6. The van der Waals surface area contributed by atoms with E-state index in [-0.39, 0.29) is 0 Å². The van der Waals surface area contributed by atoms with Gasteiger partial charge in [0.05, 0.1) is 17.5 Å². The summed E-state index contributed by atoms with van der Waals surface area (Å²) in [5, 5.41) is 19.9. The number of amides is 1. The van der Waals surface area contributed by atoms with Crippen LogP contribution in [0.25, 0.3) is 11.0 Å². The molecule has 8 nitrogen and oxygen atoms in total. The second kappa shape index (κ2) is 8.69. The highest BCUT2D eigenvalue weighted by molar-refractivity contribution is 5.93. The maximum absolute atomic E-state index is 11.5. The molecule has 2 aromatic heterocycles. The molecule has 3 N–H and O–H groups in total. The summed E-state index contributed by atoms with van der Waals surface area (Å²) in [7, 11) is 0. The lowest BCUT2D eigenvalue weighted by molar-refractivity contribution is -0.0643. The predicted octanol–water partition coefficient (Wildman–Crippen LogP) is 2.88. The van der Waals surface area contributed by atoms with Crippen LogP contribution < -0.4 is 10.4 Å². The standard InChI is InChI=1S/C26H33N5O3/c1-25(2,33)16-29-17-26(18-29)8-11-30(12-9-26)22-13-21-7-10-31(23(21)27-14-22)15-19-3-5-20(6-4-19)24(32)28-34/h3-7,10,13-14,33-34H,8-9,11-12,15-18H2,1-2H3,(H,28,32). The number of likely N-dealkylation sites (tertiary alicyclic amines) is 1. The average Bonchev–Trinajstić information content (AvgIpc) is 3.19. The molecule has 0 unspecified atom stereocenters. The van der Waals surface area contributed by atoms with Crippen LogP contribution in [0.15, 0.2) is 48.8 Å². The molecule has 2 aliphatic heterocycles. The number of nitrogens with zero attached hydrogens (tertiary/aromatic N) is 4. The third-order valence-corrected chi connectivity index (χ3v) is 7.18. The number of carbonyl (C=O) groups excluding carboxylic acids is 1. The maximum atomic E-state index is 11.5. The molecule has 34 heavy (non-hydrogen) atoms. The maximum Gasteiger partial charge on any atom is 0.274 e. The molecule has 180 valence electrons. The van der Waals surface area contributed by atoms with E-state index in [1.807, 2.05) is 38.4 Å². The predicted molar refractivity (Wildman–Crippen MR) is 131 cm³/mol. The van der Waals surface area contributed by atoms with Gasteiger partial charge in [0, 0.05) is 56.4 Å². The molecule has 5 rings (SSSR count). The monoisotopic (exact) mass is 463 g/mol. The first kappa shape index (κ1) is 22.8. The van der Waals surface area contributed by atoms with Gasteiger partial charge in [-0.3, -0.25) is 14.9 Å². The molecular formula is C26H33N5O3. The molecule has 1 aromatic carbocycles. The molecule has 0 bridgehead atoms. The Kier molecular flexibility index (Phi) is 5.83. The van der Waals surface area contributed by atoms with Crippen molar-refractivity contribution in [1.82, 2.24) is 19.9 Å². The molecule has 8 heteroatoms. The van der Waals surface area contributed by atoms with Crippen LogP contribution in [0.1, 0.15) is 42.6 Å². The number of hydrogen-bond donors (Lipinski definition) is 3. The molecule has 2 fully saturated rings. The fourth-order valence-corrected chi connectivity index (χ4v) is 5.51. The van der Waals surface area contributed by atoms with Crippen molar-refractivity contribution < 1.29 is 15.1 Å².